The minimum absolute atomic E-state index is 0.164. The van der Waals surface area contributed by atoms with E-state index in [1.54, 1.807) is 0 Å². The van der Waals surface area contributed by atoms with Gasteiger partial charge in [-0.25, -0.2) is 0 Å². The van der Waals surface area contributed by atoms with Crippen molar-refractivity contribution in [3.8, 4) is 10.8 Å². The Kier molecular flexibility index (Phi) is 4.13. The number of aryl methyl sites for hydroxylation is 3. The Bertz CT molecular complexity index is 588. The molecule has 0 radical (unpaired) electrons. The summed E-state index contributed by atoms with van der Waals surface area (Å²) in [5.41, 5.74) is 1.64. The highest BCUT2D eigenvalue weighted by Crippen LogP contribution is 2.35. The Morgan fingerprint density at radius 1 is 1.29 bits per heavy atom. The summed E-state index contributed by atoms with van der Waals surface area (Å²) in [5, 5.41) is 11.8. The van der Waals surface area contributed by atoms with E-state index in [0.717, 1.165) is 30.2 Å². The van der Waals surface area contributed by atoms with E-state index in [4.69, 9.17) is 4.42 Å². The summed E-state index contributed by atoms with van der Waals surface area (Å²) in [6.07, 6.45) is 5.54. The maximum Gasteiger partial charge on any atom is 0.257 e. The van der Waals surface area contributed by atoms with Crippen LogP contribution in [0.1, 0.15) is 49.9 Å². The topological polar surface area (TPSA) is 51.0 Å². The van der Waals surface area contributed by atoms with Gasteiger partial charge in [0.15, 0.2) is 0 Å². The normalized spacial score (nSPS) is 14.6. The number of hydrogen-bond acceptors (Lipinski definition) is 5. The molecule has 3 rings (SSSR count). The minimum Gasteiger partial charge on any atom is -0.420 e. The smallest absolute Gasteiger partial charge is 0.257 e. The van der Waals surface area contributed by atoms with E-state index in [9.17, 15) is 0 Å². The molecule has 5 heteroatoms. The van der Waals surface area contributed by atoms with Gasteiger partial charge in [-0.15, -0.1) is 21.5 Å². The first-order chi connectivity index (χ1) is 10.0. The quantitative estimate of drug-likeness (QED) is 0.857. The molecular weight excluding hydrogens is 282 g/mol. The van der Waals surface area contributed by atoms with Crippen LogP contribution in [0, 0.1) is 0 Å². The van der Waals surface area contributed by atoms with Crippen LogP contribution < -0.4 is 5.32 Å². The number of hydrogen-bond donors (Lipinski definition) is 1. The van der Waals surface area contributed by atoms with E-state index >= 15 is 0 Å². The molecular formula is C16H23N3OS. The average molecular weight is 305 g/mol. The molecule has 1 N–H and O–H groups in total. The van der Waals surface area contributed by atoms with Gasteiger partial charge < -0.3 is 9.73 Å². The van der Waals surface area contributed by atoms with Crippen LogP contribution in [0.3, 0.4) is 0 Å². The number of rotatable bonds is 5. The van der Waals surface area contributed by atoms with Crippen LogP contribution >= 0.6 is 11.3 Å². The van der Waals surface area contributed by atoms with E-state index in [2.05, 4.69) is 42.4 Å². The molecule has 2 heterocycles. The molecule has 114 valence electrons. The fraction of sp³-hybridized carbons (Fsp3) is 0.625. The monoisotopic (exact) mass is 305 g/mol. The molecule has 0 spiro atoms. The Balaban J connectivity index is 1.56. The van der Waals surface area contributed by atoms with Crippen LogP contribution in [0.4, 0.5) is 0 Å². The Hall–Kier alpha value is -1.20. The third kappa shape index (κ3) is 3.71. The van der Waals surface area contributed by atoms with Gasteiger partial charge in [0.2, 0.25) is 5.89 Å². The molecule has 2 aromatic heterocycles. The third-order valence-electron chi connectivity index (χ3n) is 3.65. The summed E-state index contributed by atoms with van der Waals surface area (Å²) in [6.45, 7) is 7.49. The van der Waals surface area contributed by atoms with Gasteiger partial charge in [-0.2, -0.15) is 0 Å². The SMILES string of the molecule is CC(C)(C)NCCCc1nnc(-c2cc3c(s2)CCC3)o1. The molecule has 0 unspecified atom stereocenters. The van der Waals surface area contributed by atoms with Crippen LogP contribution in [0.5, 0.6) is 0 Å². The third-order valence-corrected chi connectivity index (χ3v) is 4.87. The highest BCUT2D eigenvalue weighted by molar-refractivity contribution is 7.15. The summed E-state index contributed by atoms with van der Waals surface area (Å²) in [4.78, 5) is 2.63. The van der Waals surface area contributed by atoms with Crippen molar-refractivity contribution in [1.82, 2.24) is 15.5 Å². The molecule has 0 amide bonds. The van der Waals surface area contributed by atoms with E-state index in [-0.39, 0.29) is 5.54 Å². The van der Waals surface area contributed by atoms with Gasteiger partial charge >= 0.3 is 0 Å². The predicted octanol–water partition coefficient (Wildman–Crippen LogP) is 3.61. The number of nitrogens with one attached hydrogen (secondary N) is 1. The first-order valence-corrected chi connectivity index (χ1v) is 8.52. The van der Waals surface area contributed by atoms with Crippen LogP contribution in [-0.2, 0) is 19.3 Å². The van der Waals surface area contributed by atoms with Crippen LogP contribution in [-0.4, -0.2) is 22.3 Å². The second-order valence-corrected chi connectivity index (χ2v) is 7.83. The van der Waals surface area contributed by atoms with Crippen molar-refractivity contribution in [1.29, 1.82) is 0 Å². The fourth-order valence-electron chi connectivity index (χ4n) is 2.59. The van der Waals surface area contributed by atoms with Gasteiger partial charge in [0.1, 0.15) is 0 Å². The van der Waals surface area contributed by atoms with Crippen molar-refractivity contribution in [2.45, 2.75) is 58.4 Å². The second-order valence-electron chi connectivity index (χ2n) is 6.69. The Morgan fingerprint density at radius 3 is 2.90 bits per heavy atom. The minimum atomic E-state index is 0.164. The first kappa shape index (κ1) is 14.7. The van der Waals surface area contributed by atoms with Crippen molar-refractivity contribution in [3.05, 3.63) is 22.4 Å². The summed E-state index contributed by atoms with van der Waals surface area (Å²) >= 11 is 1.81. The number of thiophene rings is 1. The van der Waals surface area contributed by atoms with Crippen molar-refractivity contribution in [3.63, 3.8) is 0 Å². The maximum atomic E-state index is 5.80. The molecule has 4 nitrogen and oxygen atoms in total. The lowest BCUT2D eigenvalue weighted by atomic mass is 10.1. The highest BCUT2D eigenvalue weighted by Gasteiger charge is 2.18. The van der Waals surface area contributed by atoms with Gasteiger partial charge in [0.25, 0.3) is 5.89 Å². The van der Waals surface area contributed by atoms with E-state index in [1.807, 2.05) is 11.3 Å². The predicted molar refractivity (Wildman–Crippen MR) is 85.7 cm³/mol. The molecule has 0 atom stereocenters. The van der Waals surface area contributed by atoms with E-state index in [1.165, 1.54) is 29.7 Å². The fourth-order valence-corrected chi connectivity index (χ4v) is 3.77. The highest BCUT2D eigenvalue weighted by atomic mass is 32.1. The number of aromatic nitrogens is 2. The number of nitrogens with zero attached hydrogens (tertiary/aromatic N) is 2. The molecule has 0 bridgehead atoms. The Morgan fingerprint density at radius 2 is 2.14 bits per heavy atom. The zero-order valence-corrected chi connectivity index (χ0v) is 13.8. The molecule has 0 aliphatic heterocycles. The zero-order valence-electron chi connectivity index (χ0n) is 13.0. The standard InChI is InChI=1S/C16H23N3OS/c1-16(2,3)17-9-5-8-14-18-19-15(20-14)13-10-11-6-4-7-12(11)21-13/h10,17H,4-9H2,1-3H3. The first-order valence-electron chi connectivity index (χ1n) is 7.71. The van der Waals surface area contributed by atoms with E-state index < -0.39 is 0 Å². The average Bonchev–Trinajstić information content (AvgIpc) is 3.07. The zero-order chi connectivity index (χ0) is 14.9. The molecule has 2 aromatic rings. The second kappa shape index (κ2) is 5.89. The summed E-state index contributed by atoms with van der Waals surface area (Å²) in [5.74, 6) is 1.43. The maximum absolute atomic E-state index is 5.80. The lowest BCUT2D eigenvalue weighted by molar-refractivity contribution is 0.413. The molecule has 0 aromatic carbocycles. The van der Waals surface area contributed by atoms with Crippen molar-refractivity contribution in [2.75, 3.05) is 6.54 Å². The summed E-state index contributed by atoms with van der Waals surface area (Å²) in [6, 6.07) is 2.23. The van der Waals surface area contributed by atoms with Crippen molar-refractivity contribution in [2.24, 2.45) is 0 Å². The molecule has 0 saturated carbocycles. The Labute approximate surface area is 130 Å². The van der Waals surface area contributed by atoms with Gasteiger partial charge in [-0.05, 0) is 64.6 Å². The van der Waals surface area contributed by atoms with Crippen LogP contribution in [0.25, 0.3) is 10.8 Å². The van der Waals surface area contributed by atoms with Gasteiger partial charge in [0, 0.05) is 16.8 Å². The molecule has 1 aliphatic carbocycles. The number of fused-ring (bicyclic) bond motifs is 1. The lowest BCUT2D eigenvalue weighted by Crippen LogP contribution is -2.36. The molecule has 21 heavy (non-hydrogen) atoms. The molecule has 0 fully saturated rings. The van der Waals surface area contributed by atoms with Crippen LogP contribution in [0.2, 0.25) is 0 Å². The summed E-state index contributed by atoms with van der Waals surface area (Å²) < 4.78 is 5.80. The van der Waals surface area contributed by atoms with Crippen LogP contribution in [0.15, 0.2) is 10.5 Å². The van der Waals surface area contributed by atoms with Gasteiger partial charge in [-0.1, -0.05) is 0 Å². The molecule has 0 saturated heterocycles. The van der Waals surface area contributed by atoms with Gasteiger partial charge in [0.05, 0.1) is 4.88 Å². The van der Waals surface area contributed by atoms with Crippen molar-refractivity contribution < 1.29 is 4.42 Å². The molecule has 1 aliphatic rings. The van der Waals surface area contributed by atoms with E-state index in [0.29, 0.717) is 5.89 Å². The largest absolute Gasteiger partial charge is 0.420 e. The summed E-state index contributed by atoms with van der Waals surface area (Å²) in [7, 11) is 0. The van der Waals surface area contributed by atoms with Gasteiger partial charge in [-0.3, -0.25) is 0 Å². The lowest BCUT2D eigenvalue weighted by Gasteiger charge is -2.19. The van der Waals surface area contributed by atoms with Crippen molar-refractivity contribution >= 4 is 11.3 Å².